The van der Waals surface area contributed by atoms with E-state index in [-0.39, 0.29) is 28.5 Å². The predicted octanol–water partition coefficient (Wildman–Crippen LogP) is 6.52. The summed E-state index contributed by atoms with van der Waals surface area (Å²) < 4.78 is 45.9. The van der Waals surface area contributed by atoms with Gasteiger partial charge in [0, 0.05) is 22.4 Å². The van der Waals surface area contributed by atoms with Gasteiger partial charge < -0.3 is 9.52 Å². The third-order valence-corrected chi connectivity index (χ3v) is 4.59. The molecule has 1 heterocycles. The fourth-order valence-electron chi connectivity index (χ4n) is 3.20. The molecule has 2 aromatic carbocycles. The topological polar surface area (TPSA) is 50.4 Å². The second-order valence-electron chi connectivity index (χ2n) is 6.59. The van der Waals surface area contributed by atoms with Crippen molar-refractivity contribution in [3.05, 3.63) is 69.4 Å². The van der Waals surface area contributed by atoms with E-state index < -0.39 is 17.7 Å². The summed E-state index contributed by atoms with van der Waals surface area (Å²) in [6, 6.07) is 8.13. The highest BCUT2D eigenvalue weighted by molar-refractivity contribution is 6.30. The summed E-state index contributed by atoms with van der Waals surface area (Å²) in [4.78, 5) is 11.2. The summed E-state index contributed by atoms with van der Waals surface area (Å²) in [5, 5.41) is 9.84. The number of aromatic carboxylic acids is 1. The lowest BCUT2D eigenvalue weighted by molar-refractivity contribution is -0.138. The van der Waals surface area contributed by atoms with Crippen LogP contribution in [0.4, 0.5) is 13.2 Å². The third-order valence-electron chi connectivity index (χ3n) is 4.36. The summed E-state index contributed by atoms with van der Waals surface area (Å²) in [6.07, 6.45) is -4.61. The maximum atomic E-state index is 13.4. The highest BCUT2D eigenvalue weighted by Gasteiger charge is 2.34. The van der Waals surface area contributed by atoms with Gasteiger partial charge in [0.25, 0.3) is 0 Å². The normalized spacial score (nSPS) is 12.1. The number of halogens is 4. The first kappa shape index (κ1) is 19.3. The van der Waals surface area contributed by atoms with Crippen LogP contribution in [0, 0.1) is 0 Å². The van der Waals surface area contributed by atoms with Gasteiger partial charge in [-0.05, 0) is 41.8 Å². The van der Waals surface area contributed by atoms with Gasteiger partial charge in [-0.2, -0.15) is 13.2 Å². The average molecular weight is 397 g/mol. The number of fused-ring (bicyclic) bond motifs is 1. The second kappa shape index (κ2) is 6.93. The minimum absolute atomic E-state index is 0.00543. The van der Waals surface area contributed by atoms with Crippen molar-refractivity contribution >= 4 is 28.5 Å². The lowest BCUT2D eigenvalue weighted by atomic mass is 9.94. The van der Waals surface area contributed by atoms with Crippen molar-refractivity contribution in [2.24, 2.45) is 0 Å². The first-order valence-electron chi connectivity index (χ1n) is 8.22. The lowest BCUT2D eigenvalue weighted by Crippen LogP contribution is -2.10. The second-order valence-corrected chi connectivity index (χ2v) is 7.02. The molecule has 0 radical (unpaired) electrons. The molecule has 1 N–H and O–H groups in total. The van der Waals surface area contributed by atoms with E-state index in [1.165, 1.54) is 24.3 Å². The summed E-state index contributed by atoms with van der Waals surface area (Å²) in [5.41, 5.74) is 0.407. The number of hydrogen-bond acceptors (Lipinski definition) is 2. The van der Waals surface area contributed by atoms with Gasteiger partial charge in [-0.25, -0.2) is 4.79 Å². The molecule has 0 spiro atoms. The van der Waals surface area contributed by atoms with Crippen molar-refractivity contribution in [1.29, 1.82) is 0 Å². The molecule has 142 valence electrons. The highest BCUT2D eigenvalue weighted by Crippen LogP contribution is 2.38. The largest absolute Gasteiger partial charge is 0.478 e. The Balaban J connectivity index is 2.15. The van der Waals surface area contributed by atoms with E-state index in [2.05, 4.69) is 0 Å². The fourth-order valence-corrected chi connectivity index (χ4v) is 3.38. The van der Waals surface area contributed by atoms with Gasteiger partial charge in [-0.1, -0.05) is 31.5 Å². The van der Waals surface area contributed by atoms with E-state index in [4.69, 9.17) is 21.1 Å². The van der Waals surface area contributed by atoms with Crippen molar-refractivity contribution in [3.63, 3.8) is 0 Å². The van der Waals surface area contributed by atoms with Crippen LogP contribution >= 0.6 is 11.6 Å². The van der Waals surface area contributed by atoms with Crippen molar-refractivity contribution in [2.45, 2.75) is 32.4 Å². The van der Waals surface area contributed by atoms with Crippen molar-refractivity contribution in [1.82, 2.24) is 0 Å². The Hall–Kier alpha value is -2.47. The Morgan fingerprint density at radius 3 is 2.48 bits per heavy atom. The van der Waals surface area contributed by atoms with E-state index in [0.29, 0.717) is 16.7 Å². The molecule has 3 rings (SSSR count). The smallest absolute Gasteiger partial charge is 0.416 e. The van der Waals surface area contributed by atoms with Crippen LogP contribution in [0.1, 0.15) is 52.6 Å². The van der Waals surface area contributed by atoms with E-state index >= 15 is 0 Å². The Morgan fingerprint density at radius 1 is 1.19 bits per heavy atom. The SMILES string of the molecule is CC(C)c1c(Cc2ccc(Cl)cc2C(F)(F)F)oc2cc(C(=O)O)ccc12. The molecule has 0 saturated carbocycles. The van der Waals surface area contributed by atoms with Crippen molar-refractivity contribution in [3.8, 4) is 0 Å². The average Bonchev–Trinajstić information content (AvgIpc) is 2.92. The minimum Gasteiger partial charge on any atom is -0.478 e. The third kappa shape index (κ3) is 3.81. The van der Waals surface area contributed by atoms with Crippen molar-refractivity contribution < 1.29 is 27.5 Å². The molecule has 0 aliphatic carbocycles. The minimum atomic E-state index is -4.54. The number of alkyl halides is 3. The van der Waals surface area contributed by atoms with Gasteiger partial charge in [0.15, 0.2) is 0 Å². The molecule has 3 nitrogen and oxygen atoms in total. The van der Waals surface area contributed by atoms with Crippen LogP contribution in [0.2, 0.25) is 5.02 Å². The molecule has 0 atom stereocenters. The number of carboxylic acids is 1. The summed E-state index contributed by atoms with van der Waals surface area (Å²) in [6.45, 7) is 3.82. The maximum absolute atomic E-state index is 13.4. The first-order chi connectivity index (χ1) is 12.6. The van der Waals surface area contributed by atoms with Crippen LogP contribution in [-0.2, 0) is 12.6 Å². The lowest BCUT2D eigenvalue weighted by Gasteiger charge is -2.14. The van der Waals surface area contributed by atoms with E-state index in [0.717, 1.165) is 11.6 Å². The van der Waals surface area contributed by atoms with Crippen LogP contribution < -0.4 is 0 Å². The number of carboxylic acid groups (broad SMARTS) is 1. The highest BCUT2D eigenvalue weighted by atomic mass is 35.5. The van der Waals surface area contributed by atoms with Crippen LogP contribution in [0.5, 0.6) is 0 Å². The van der Waals surface area contributed by atoms with Crippen LogP contribution in [-0.4, -0.2) is 11.1 Å². The van der Waals surface area contributed by atoms with Gasteiger partial charge in [0.05, 0.1) is 11.1 Å². The van der Waals surface area contributed by atoms with Crippen LogP contribution in [0.3, 0.4) is 0 Å². The standard InChI is InChI=1S/C20H16ClF3O3/c1-10(2)18-14-6-4-12(19(25)26)8-16(14)27-17(18)7-11-3-5-13(21)9-15(11)20(22,23)24/h3-6,8-10H,7H2,1-2H3,(H,25,26). The Kier molecular flexibility index (Phi) is 4.95. The summed E-state index contributed by atoms with van der Waals surface area (Å²) in [7, 11) is 0. The molecular formula is C20H16ClF3O3. The maximum Gasteiger partial charge on any atom is 0.416 e. The number of hydrogen-bond donors (Lipinski definition) is 1. The zero-order valence-electron chi connectivity index (χ0n) is 14.5. The van der Waals surface area contributed by atoms with Crippen LogP contribution in [0.25, 0.3) is 11.0 Å². The molecule has 0 bridgehead atoms. The fraction of sp³-hybridized carbons (Fsp3) is 0.250. The van der Waals surface area contributed by atoms with Crippen molar-refractivity contribution in [2.75, 3.05) is 0 Å². The van der Waals surface area contributed by atoms with Gasteiger partial charge >= 0.3 is 12.1 Å². The van der Waals surface area contributed by atoms with E-state index in [9.17, 15) is 18.0 Å². The first-order valence-corrected chi connectivity index (χ1v) is 8.60. The molecule has 1 aromatic heterocycles. The molecule has 7 heteroatoms. The Bertz CT molecular complexity index is 1020. The molecule has 0 unspecified atom stereocenters. The zero-order chi connectivity index (χ0) is 19.9. The van der Waals surface area contributed by atoms with E-state index in [1.807, 2.05) is 13.8 Å². The molecule has 3 aromatic rings. The Morgan fingerprint density at radius 2 is 1.89 bits per heavy atom. The predicted molar refractivity (Wildman–Crippen MR) is 96.5 cm³/mol. The number of furan rings is 1. The molecule has 0 aliphatic rings. The quantitative estimate of drug-likeness (QED) is 0.546. The molecule has 0 aliphatic heterocycles. The molecular weight excluding hydrogens is 381 g/mol. The van der Waals surface area contributed by atoms with E-state index in [1.54, 1.807) is 6.07 Å². The number of carbonyl (C=O) groups is 1. The summed E-state index contributed by atoms with van der Waals surface area (Å²) in [5.74, 6) is -0.730. The van der Waals surface area contributed by atoms with Crippen LogP contribution in [0.15, 0.2) is 40.8 Å². The number of benzene rings is 2. The van der Waals surface area contributed by atoms with Gasteiger partial charge in [0.1, 0.15) is 11.3 Å². The van der Waals surface area contributed by atoms with Gasteiger partial charge in [-0.15, -0.1) is 0 Å². The Labute approximate surface area is 158 Å². The zero-order valence-corrected chi connectivity index (χ0v) is 15.3. The molecule has 0 amide bonds. The molecule has 27 heavy (non-hydrogen) atoms. The van der Waals surface area contributed by atoms with Gasteiger partial charge in [-0.3, -0.25) is 0 Å². The molecule has 0 saturated heterocycles. The number of rotatable bonds is 4. The molecule has 0 fully saturated rings. The monoisotopic (exact) mass is 396 g/mol. The summed E-state index contributed by atoms with van der Waals surface area (Å²) >= 11 is 5.74. The van der Waals surface area contributed by atoms with Gasteiger partial charge in [0.2, 0.25) is 0 Å².